The molecule has 0 radical (unpaired) electrons. The molecule has 1 N–H and O–H groups in total. The minimum Gasteiger partial charge on any atom is -0.406 e. The van der Waals surface area contributed by atoms with Crippen LogP contribution in [0.1, 0.15) is 35.7 Å². The van der Waals surface area contributed by atoms with Gasteiger partial charge in [0, 0.05) is 24.3 Å². The van der Waals surface area contributed by atoms with E-state index in [1.807, 2.05) is 12.1 Å². The van der Waals surface area contributed by atoms with Crippen LogP contribution in [0.3, 0.4) is 0 Å². The number of hydrogen-bond donors (Lipinski definition) is 1. The molecule has 4 nitrogen and oxygen atoms in total. The van der Waals surface area contributed by atoms with Gasteiger partial charge in [0.2, 0.25) is 0 Å². The van der Waals surface area contributed by atoms with Crippen LogP contribution in [0, 0.1) is 5.92 Å². The summed E-state index contributed by atoms with van der Waals surface area (Å²) < 4.78 is 40.3. The van der Waals surface area contributed by atoms with Crippen molar-refractivity contribution in [2.24, 2.45) is 5.92 Å². The molecule has 0 spiro atoms. The molecule has 1 aliphatic rings. The van der Waals surface area contributed by atoms with Crippen molar-refractivity contribution >= 4 is 11.6 Å². The molecule has 1 amide bonds. The topological polar surface area (TPSA) is 41.6 Å². The van der Waals surface area contributed by atoms with E-state index in [1.165, 1.54) is 25.0 Å². The maximum Gasteiger partial charge on any atom is 0.573 e. The van der Waals surface area contributed by atoms with Crippen molar-refractivity contribution in [1.29, 1.82) is 0 Å². The van der Waals surface area contributed by atoms with Crippen molar-refractivity contribution in [3.05, 3.63) is 59.7 Å². The number of rotatable bonds is 5. The summed E-state index contributed by atoms with van der Waals surface area (Å²) in [4.78, 5) is 14.8. The lowest BCUT2D eigenvalue weighted by Gasteiger charge is -2.30. The maximum atomic E-state index is 12.3. The lowest BCUT2D eigenvalue weighted by atomic mass is 9.99. The maximum absolute atomic E-state index is 12.3. The van der Waals surface area contributed by atoms with Crippen LogP contribution in [-0.4, -0.2) is 30.3 Å². The van der Waals surface area contributed by atoms with E-state index in [-0.39, 0.29) is 11.7 Å². The van der Waals surface area contributed by atoms with Crippen LogP contribution in [0.25, 0.3) is 0 Å². The first-order valence-electron chi connectivity index (χ1n) is 9.27. The number of ether oxygens (including phenoxy) is 1. The summed E-state index contributed by atoms with van der Waals surface area (Å²) in [5.41, 5.74) is 2.04. The number of nitrogens with zero attached hydrogens (tertiary/aromatic N) is 1. The third-order valence-corrected chi connectivity index (χ3v) is 4.71. The van der Waals surface area contributed by atoms with E-state index in [9.17, 15) is 18.0 Å². The van der Waals surface area contributed by atoms with Gasteiger partial charge in [0.05, 0.1) is 0 Å². The predicted molar refractivity (Wildman–Crippen MR) is 101 cm³/mol. The van der Waals surface area contributed by atoms with Gasteiger partial charge in [0.1, 0.15) is 5.75 Å². The van der Waals surface area contributed by atoms with Gasteiger partial charge in [-0.1, -0.05) is 19.1 Å². The Morgan fingerprint density at radius 1 is 1.14 bits per heavy atom. The quantitative estimate of drug-likeness (QED) is 0.773. The molecule has 2 aromatic rings. The first-order valence-corrected chi connectivity index (χ1v) is 9.27. The fourth-order valence-electron chi connectivity index (χ4n) is 3.39. The van der Waals surface area contributed by atoms with E-state index in [2.05, 4.69) is 21.9 Å². The van der Waals surface area contributed by atoms with Crippen LogP contribution < -0.4 is 10.1 Å². The molecule has 3 rings (SSSR count). The molecule has 7 heteroatoms. The summed E-state index contributed by atoms with van der Waals surface area (Å²) in [5, 5.41) is 2.67. The number of anilines is 1. The van der Waals surface area contributed by atoms with Crippen LogP contribution in [0.4, 0.5) is 18.9 Å². The molecule has 1 fully saturated rings. The van der Waals surface area contributed by atoms with Crippen LogP contribution in [0.2, 0.25) is 0 Å². The highest BCUT2D eigenvalue weighted by Gasteiger charge is 2.31. The molecule has 2 aromatic carbocycles. The molecule has 0 unspecified atom stereocenters. The van der Waals surface area contributed by atoms with Gasteiger partial charge in [-0.15, -0.1) is 13.2 Å². The highest BCUT2D eigenvalue weighted by molar-refractivity contribution is 6.04. The fourth-order valence-corrected chi connectivity index (χ4v) is 3.39. The predicted octanol–water partition coefficient (Wildman–Crippen LogP) is 5.07. The van der Waals surface area contributed by atoms with E-state index in [0.29, 0.717) is 17.2 Å². The fraction of sp³-hybridized carbons (Fsp3) is 0.381. The highest BCUT2D eigenvalue weighted by Crippen LogP contribution is 2.24. The van der Waals surface area contributed by atoms with Gasteiger partial charge >= 0.3 is 6.36 Å². The Labute approximate surface area is 162 Å². The van der Waals surface area contributed by atoms with Crippen LogP contribution in [0.15, 0.2) is 48.5 Å². The largest absolute Gasteiger partial charge is 0.573 e. The molecule has 1 aliphatic heterocycles. The van der Waals surface area contributed by atoms with E-state index >= 15 is 0 Å². The average molecular weight is 392 g/mol. The monoisotopic (exact) mass is 392 g/mol. The second-order valence-electron chi connectivity index (χ2n) is 7.21. The van der Waals surface area contributed by atoms with Gasteiger partial charge in [0.15, 0.2) is 0 Å². The van der Waals surface area contributed by atoms with E-state index in [1.54, 1.807) is 12.1 Å². The molecule has 0 aliphatic carbocycles. The van der Waals surface area contributed by atoms with Gasteiger partial charge in [-0.25, -0.2) is 0 Å². The lowest BCUT2D eigenvalue weighted by Crippen LogP contribution is -2.33. The van der Waals surface area contributed by atoms with Crippen molar-refractivity contribution in [3.8, 4) is 5.75 Å². The summed E-state index contributed by atoms with van der Waals surface area (Å²) in [6.45, 7) is 5.32. The van der Waals surface area contributed by atoms with Crippen molar-refractivity contribution in [3.63, 3.8) is 0 Å². The summed E-state index contributed by atoms with van der Waals surface area (Å²) in [6, 6.07) is 12.5. The molecular formula is C21H23F3N2O2. The number of piperidine rings is 1. The highest BCUT2D eigenvalue weighted by atomic mass is 19.4. The molecule has 1 atom stereocenters. The van der Waals surface area contributed by atoms with Gasteiger partial charge < -0.3 is 10.1 Å². The van der Waals surface area contributed by atoms with Crippen LogP contribution in [0.5, 0.6) is 5.75 Å². The number of likely N-dealkylation sites (tertiary alicyclic amines) is 1. The first-order chi connectivity index (χ1) is 13.3. The molecule has 1 saturated heterocycles. The Bertz CT molecular complexity index is 789. The zero-order valence-corrected chi connectivity index (χ0v) is 15.6. The normalized spacial score (nSPS) is 17.9. The summed E-state index contributed by atoms with van der Waals surface area (Å²) in [6.07, 6.45) is -2.24. The zero-order chi connectivity index (χ0) is 20.1. The second-order valence-corrected chi connectivity index (χ2v) is 7.21. The Morgan fingerprint density at radius 3 is 2.43 bits per heavy atom. The van der Waals surface area contributed by atoms with Crippen LogP contribution in [-0.2, 0) is 6.54 Å². The number of amides is 1. The molecule has 0 saturated carbocycles. The second kappa shape index (κ2) is 8.65. The average Bonchev–Trinajstić information content (AvgIpc) is 2.63. The Morgan fingerprint density at radius 2 is 1.82 bits per heavy atom. The van der Waals surface area contributed by atoms with Gasteiger partial charge in [-0.05, 0) is 67.3 Å². The van der Waals surface area contributed by atoms with Gasteiger partial charge in [-0.3, -0.25) is 9.69 Å². The van der Waals surface area contributed by atoms with Crippen molar-refractivity contribution in [1.82, 2.24) is 4.90 Å². The number of hydrogen-bond acceptors (Lipinski definition) is 3. The summed E-state index contributed by atoms with van der Waals surface area (Å²) >= 11 is 0. The Kier molecular flexibility index (Phi) is 6.24. The number of alkyl halides is 3. The molecule has 150 valence electrons. The number of benzene rings is 2. The summed E-state index contributed by atoms with van der Waals surface area (Å²) in [7, 11) is 0. The minimum absolute atomic E-state index is 0.317. The summed E-state index contributed by atoms with van der Waals surface area (Å²) in [5.74, 6) is 0.0660. The first kappa shape index (κ1) is 20.2. The number of nitrogens with one attached hydrogen (secondary N) is 1. The number of carbonyl (C=O) groups excluding carboxylic acids is 1. The van der Waals surface area contributed by atoms with E-state index in [4.69, 9.17) is 0 Å². The SMILES string of the molecule is C[C@@H]1CCCN(Cc2ccc(C(=O)Nc3ccc(OC(F)(F)F)cc3)cc2)C1. The molecular weight excluding hydrogens is 369 g/mol. The van der Waals surface area contributed by atoms with Gasteiger partial charge in [0.25, 0.3) is 5.91 Å². The van der Waals surface area contributed by atoms with E-state index in [0.717, 1.165) is 37.3 Å². The molecule has 0 aromatic heterocycles. The lowest BCUT2D eigenvalue weighted by molar-refractivity contribution is -0.274. The van der Waals surface area contributed by atoms with Crippen molar-refractivity contribution < 1.29 is 22.7 Å². The minimum atomic E-state index is -4.74. The Balaban J connectivity index is 1.55. The molecule has 28 heavy (non-hydrogen) atoms. The smallest absolute Gasteiger partial charge is 0.406 e. The van der Waals surface area contributed by atoms with Gasteiger partial charge in [-0.2, -0.15) is 0 Å². The molecule has 1 heterocycles. The van der Waals surface area contributed by atoms with Crippen LogP contribution >= 0.6 is 0 Å². The number of halogens is 3. The van der Waals surface area contributed by atoms with Crippen molar-refractivity contribution in [2.75, 3.05) is 18.4 Å². The standard InChI is InChI=1S/C21H23F3N2O2/c1-15-3-2-12-26(13-15)14-16-4-6-17(7-5-16)20(27)25-18-8-10-19(11-9-18)28-21(22,23)24/h4-11,15H,2-3,12-14H2,1H3,(H,25,27)/t15-/m1/s1. The number of carbonyl (C=O) groups is 1. The third-order valence-electron chi connectivity index (χ3n) is 4.71. The zero-order valence-electron chi connectivity index (χ0n) is 15.6. The Hall–Kier alpha value is -2.54. The molecule has 0 bridgehead atoms. The van der Waals surface area contributed by atoms with E-state index < -0.39 is 6.36 Å². The van der Waals surface area contributed by atoms with Crippen molar-refractivity contribution in [2.45, 2.75) is 32.7 Å². The third kappa shape index (κ3) is 5.99.